The predicted molar refractivity (Wildman–Crippen MR) is 69.5 cm³/mol. The molecule has 1 aromatic heterocycles. The van der Waals surface area contributed by atoms with E-state index in [1.165, 1.54) is 10.9 Å². The first-order valence-corrected chi connectivity index (χ1v) is 6.62. The Kier molecular flexibility index (Phi) is 4.52. The highest BCUT2D eigenvalue weighted by atomic mass is 19.1. The van der Waals surface area contributed by atoms with Gasteiger partial charge in [-0.25, -0.2) is 4.39 Å². The van der Waals surface area contributed by atoms with E-state index < -0.39 is 12.8 Å². The Bertz CT molecular complexity index is 433. The maximum absolute atomic E-state index is 12.2. The highest BCUT2D eigenvalue weighted by Crippen LogP contribution is 2.28. The van der Waals surface area contributed by atoms with Crippen LogP contribution >= 0.6 is 0 Å². The second-order valence-corrected chi connectivity index (χ2v) is 5.16. The summed E-state index contributed by atoms with van der Waals surface area (Å²) < 4.78 is 19.1. The number of aromatic nitrogens is 2. The third-order valence-electron chi connectivity index (χ3n) is 3.47. The molecule has 5 nitrogen and oxygen atoms in total. The number of anilines is 1. The molecule has 19 heavy (non-hydrogen) atoms. The average Bonchev–Trinajstić information content (AvgIpc) is 2.98. The summed E-state index contributed by atoms with van der Waals surface area (Å²) in [6, 6.07) is 0. The summed E-state index contributed by atoms with van der Waals surface area (Å²) in [4.78, 5) is 12.1. The summed E-state index contributed by atoms with van der Waals surface area (Å²) in [6.45, 7) is 4.54. The van der Waals surface area contributed by atoms with E-state index in [1.807, 2.05) is 0 Å². The number of hydrogen-bond donors (Lipinski definition) is 1. The van der Waals surface area contributed by atoms with E-state index >= 15 is 0 Å². The summed E-state index contributed by atoms with van der Waals surface area (Å²) in [5.41, 5.74) is 0.580. The van der Waals surface area contributed by atoms with E-state index in [9.17, 15) is 9.18 Å². The first-order chi connectivity index (χ1) is 9.11. The number of nitrogens with one attached hydrogen (secondary N) is 1. The van der Waals surface area contributed by atoms with Gasteiger partial charge in [-0.05, 0) is 18.3 Å². The van der Waals surface area contributed by atoms with Gasteiger partial charge in [0, 0.05) is 12.8 Å². The Labute approximate surface area is 112 Å². The molecular weight excluding hydrogens is 249 g/mol. The summed E-state index contributed by atoms with van der Waals surface area (Å²) in [7, 11) is 0. The van der Waals surface area contributed by atoms with Gasteiger partial charge >= 0.3 is 0 Å². The molecule has 1 N–H and O–H groups in total. The molecule has 0 aromatic carbocycles. The predicted octanol–water partition coefficient (Wildman–Crippen LogP) is 1.85. The van der Waals surface area contributed by atoms with E-state index in [0.29, 0.717) is 18.2 Å². The lowest BCUT2D eigenvalue weighted by atomic mass is 9.89. The van der Waals surface area contributed by atoms with Gasteiger partial charge in [0.1, 0.15) is 12.8 Å². The van der Waals surface area contributed by atoms with Crippen LogP contribution in [0.25, 0.3) is 0 Å². The van der Waals surface area contributed by atoms with Crippen LogP contribution in [0.1, 0.15) is 20.3 Å². The van der Waals surface area contributed by atoms with Gasteiger partial charge in [-0.1, -0.05) is 13.8 Å². The number of aryl methyl sites for hydroxylation is 1. The molecule has 2 heterocycles. The van der Waals surface area contributed by atoms with Crippen LogP contribution in [0.2, 0.25) is 0 Å². The van der Waals surface area contributed by atoms with Crippen LogP contribution in [0, 0.1) is 11.8 Å². The van der Waals surface area contributed by atoms with Gasteiger partial charge in [0.15, 0.2) is 0 Å². The number of halogens is 1. The van der Waals surface area contributed by atoms with Gasteiger partial charge in [0.05, 0.1) is 18.4 Å². The number of nitrogens with zero attached hydrogens (tertiary/aromatic N) is 2. The molecule has 1 aliphatic rings. The highest BCUT2D eigenvalue weighted by molar-refractivity contribution is 5.94. The molecule has 1 fully saturated rings. The minimum atomic E-state index is -0.476. The second kappa shape index (κ2) is 6.14. The quantitative estimate of drug-likeness (QED) is 0.887. The van der Waals surface area contributed by atoms with Crippen LogP contribution in [0.5, 0.6) is 0 Å². The summed E-state index contributed by atoms with van der Waals surface area (Å²) in [5, 5.41) is 6.74. The lowest BCUT2D eigenvalue weighted by Crippen LogP contribution is -2.34. The van der Waals surface area contributed by atoms with Crippen molar-refractivity contribution in [3.63, 3.8) is 0 Å². The summed E-state index contributed by atoms with van der Waals surface area (Å²) in [6.07, 6.45) is 3.66. The monoisotopic (exact) mass is 269 g/mol. The molecular formula is C13H20FN3O2. The SMILES string of the molecule is CC(C)[C@@H]1CCO[C@@H]1C(=O)Nc1cnn(CCF)c1. The topological polar surface area (TPSA) is 56.1 Å². The minimum Gasteiger partial charge on any atom is -0.368 e. The zero-order valence-corrected chi connectivity index (χ0v) is 11.3. The van der Waals surface area contributed by atoms with Crippen molar-refractivity contribution in [2.75, 3.05) is 18.6 Å². The smallest absolute Gasteiger partial charge is 0.253 e. The molecule has 0 saturated carbocycles. The Hall–Kier alpha value is -1.43. The van der Waals surface area contributed by atoms with Crippen molar-refractivity contribution in [1.82, 2.24) is 9.78 Å². The molecule has 1 saturated heterocycles. The Morgan fingerprint density at radius 2 is 2.47 bits per heavy atom. The molecule has 1 aromatic rings. The zero-order chi connectivity index (χ0) is 13.8. The standard InChI is InChI=1S/C13H20FN3O2/c1-9(2)11-3-6-19-12(11)13(18)16-10-7-15-17(8-10)5-4-14/h7-9,11-12H,3-6H2,1-2H3,(H,16,18)/t11-,12-/m0/s1. The molecule has 0 bridgehead atoms. The largest absolute Gasteiger partial charge is 0.368 e. The zero-order valence-electron chi connectivity index (χ0n) is 11.3. The van der Waals surface area contributed by atoms with E-state index in [2.05, 4.69) is 24.3 Å². The fourth-order valence-corrected chi connectivity index (χ4v) is 2.41. The molecule has 6 heteroatoms. The van der Waals surface area contributed by atoms with Crippen LogP contribution in [-0.4, -0.2) is 35.1 Å². The van der Waals surface area contributed by atoms with Crippen molar-refractivity contribution in [3.05, 3.63) is 12.4 Å². The lowest BCUT2D eigenvalue weighted by molar-refractivity contribution is -0.126. The highest BCUT2D eigenvalue weighted by Gasteiger charge is 2.36. The third-order valence-corrected chi connectivity index (χ3v) is 3.47. The van der Waals surface area contributed by atoms with Crippen molar-refractivity contribution in [3.8, 4) is 0 Å². The van der Waals surface area contributed by atoms with Crippen molar-refractivity contribution < 1.29 is 13.9 Å². The third kappa shape index (κ3) is 3.32. The number of alkyl halides is 1. The Morgan fingerprint density at radius 3 is 3.16 bits per heavy atom. The van der Waals surface area contributed by atoms with Crippen LogP contribution in [-0.2, 0) is 16.1 Å². The number of rotatable bonds is 5. The van der Waals surface area contributed by atoms with Crippen LogP contribution in [0.4, 0.5) is 10.1 Å². The summed E-state index contributed by atoms with van der Waals surface area (Å²) >= 11 is 0. The molecule has 0 radical (unpaired) electrons. The van der Waals surface area contributed by atoms with E-state index in [4.69, 9.17) is 4.74 Å². The second-order valence-electron chi connectivity index (χ2n) is 5.16. The maximum Gasteiger partial charge on any atom is 0.253 e. The fraction of sp³-hybridized carbons (Fsp3) is 0.692. The van der Waals surface area contributed by atoms with Gasteiger partial charge in [-0.2, -0.15) is 5.10 Å². The van der Waals surface area contributed by atoms with E-state index in [-0.39, 0.29) is 18.4 Å². The van der Waals surface area contributed by atoms with Gasteiger partial charge in [-0.15, -0.1) is 0 Å². The first kappa shape index (κ1) is 14.0. The maximum atomic E-state index is 12.2. The first-order valence-electron chi connectivity index (χ1n) is 6.62. The average molecular weight is 269 g/mol. The fourth-order valence-electron chi connectivity index (χ4n) is 2.41. The van der Waals surface area contributed by atoms with Crippen molar-refractivity contribution in [2.24, 2.45) is 11.8 Å². The molecule has 1 amide bonds. The minimum absolute atomic E-state index is 0.143. The normalized spacial score (nSPS) is 22.9. The van der Waals surface area contributed by atoms with Gasteiger partial charge in [0.25, 0.3) is 5.91 Å². The van der Waals surface area contributed by atoms with E-state index in [0.717, 1.165) is 6.42 Å². The molecule has 1 aliphatic heterocycles. The molecule has 2 rings (SSSR count). The van der Waals surface area contributed by atoms with E-state index in [1.54, 1.807) is 6.20 Å². The molecule has 0 unspecified atom stereocenters. The molecule has 106 valence electrons. The van der Waals surface area contributed by atoms with Gasteiger partial charge in [0.2, 0.25) is 0 Å². The molecule has 0 spiro atoms. The number of hydrogen-bond acceptors (Lipinski definition) is 3. The Balaban J connectivity index is 1.96. The lowest BCUT2D eigenvalue weighted by Gasteiger charge is -2.20. The summed E-state index contributed by atoms with van der Waals surface area (Å²) in [5.74, 6) is 0.518. The van der Waals surface area contributed by atoms with Crippen molar-refractivity contribution in [2.45, 2.75) is 32.9 Å². The van der Waals surface area contributed by atoms with Crippen molar-refractivity contribution in [1.29, 1.82) is 0 Å². The number of ether oxygens (including phenoxy) is 1. The molecule has 0 aliphatic carbocycles. The van der Waals surface area contributed by atoms with Gasteiger partial charge in [-0.3, -0.25) is 9.48 Å². The van der Waals surface area contributed by atoms with Crippen LogP contribution in [0.3, 0.4) is 0 Å². The molecule has 2 atom stereocenters. The van der Waals surface area contributed by atoms with Gasteiger partial charge < -0.3 is 10.1 Å². The number of carbonyl (C=O) groups is 1. The number of carbonyl (C=O) groups excluding carboxylic acids is 1. The van der Waals surface area contributed by atoms with Crippen LogP contribution < -0.4 is 5.32 Å². The Morgan fingerprint density at radius 1 is 1.68 bits per heavy atom. The number of amides is 1. The van der Waals surface area contributed by atoms with Crippen LogP contribution in [0.15, 0.2) is 12.4 Å². The van der Waals surface area contributed by atoms with Crippen molar-refractivity contribution >= 4 is 11.6 Å².